The monoisotopic (exact) mass is 367 g/mol. The zero-order valence-corrected chi connectivity index (χ0v) is 13.6. The summed E-state index contributed by atoms with van der Waals surface area (Å²) in [6, 6.07) is 3.82. The van der Waals surface area contributed by atoms with Crippen LogP contribution in [-0.2, 0) is 15.7 Å². The van der Waals surface area contributed by atoms with Crippen LogP contribution in [0.1, 0.15) is 32.8 Å². The van der Waals surface area contributed by atoms with Crippen molar-refractivity contribution in [1.29, 1.82) is 0 Å². The van der Waals surface area contributed by atoms with E-state index in [0.29, 0.717) is 4.47 Å². The number of hydrogen-bond donors (Lipinski definition) is 1. The number of rotatable bonds is 4. The summed E-state index contributed by atoms with van der Waals surface area (Å²) in [4.78, 5) is 11.5. The maximum absolute atomic E-state index is 12.9. The van der Waals surface area contributed by atoms with Crippen LogP contribution in [-0.4, -0.2) is 18.1 Å². The first-order valence-electron chi connectivity index (χ1n) is 6.31. The molecule has 0 aliphatic carbocycles. The van der Waals surface area contributed by atoms with Crippen LogP contribution in [0.2, 0.25) is 0 Å². The van der Waals surface area contributed by atoms with Gasteiger partial charge in [-0.2, -0.15) is 13.2 Å². The minimum absolute atomic E-state index is 0.00929. The van der Waals surface area contributed by atoms with Crippen molar-refractivity contribution in [3.05, 3.63) is 28.2 Å². The summed E-state index contributed by atoms with van der Waals surface area (Å²) >= 11 is 3.01. The second kappa shape index (κ2) is 6.68. The number of halogens is 4. The van der Waals surface area contributed by atoms with Gasteiger partial charge in [0.05, 0.1) is 12.0 Å². The first kappa shape index (κ1) is 17.8. The molecule has 21 heavy (non-hydrogen) atoms. The molecule has 0 fully saturated rings. The Morgan fingerprint density at radius 2 is 1.90 bits per heavy atom. The first-order valence-corrected chi connectivity index (χ1v) is 7.11. The topological polar surface area (TPSA) is 38.3 Å². The standard InChI is InChI=1S/C14H17BrF3NO2/c1-13(2,3)21-12(20)6-7-19-11-5-4-9(15)8-10(11)14(16,17)18/h4-5,8,19H,6-7H2,1-3H3. The largest absolute Gasteiger partial charge is 0.460 e. The summed E-state index contributed by atoms with van der Waals surface area (Å²) in [6.07, 6.45) is -4.47. The molecule has 1 rings (SSSR count). The Morgan fingerprint density at radius 1 is 1.29 bits per heavy atom. The van der Waals surface area contributed by atoms with Crippen LogP contribution >= 0.6 is 15.9 Å². The lowest BCUT2D eigenvalue weighted by atomic mass is 10.1. The van der Waals surface area contributed by atoms with Crippen molar-refractivity contribution in [1.82, 2.24) is 0 Å². The molecule has 0 saturated heterocycles. The Bertz CT molecular complexity index is 510. The van der Waals surface area contributed by atoms with Gasteiger partial charge >= 0.3 is 12.1 Å². The molecule has 1 N–H and O–H groups in total. The van der Waals surface area contributed by atoms with E-state index in [2.05, 4.69) is 21.2 Å². The number of nitrogens with one attached hydrogen (secondary N) is 1. The van der Waals surface area contributed by atoms with Gasteiger partial charge in [0.1, 0.15) is 5.60 Å². The summed E-state index contributed by atoms with van der Waals surface area (Å²) in [5, 5.41) is 2.62. The number of benzene rings is 1. The van der Waals surface area contributed by atoms with Gasteiger partial charge in [-0.15, -0.1) is 0 Å². The van der Waals surface area contributed by atoms with Gasteiger partial charge in [0.25, 0.3) is 0 Å². The smallest absolute Gasteiger partial charge is 0.418 e. The lowest BCUT2D eigenvalue weighted by Gasteiger charge is -2.20. The Hall–Kier alpha value is -1.24. The third-order valence-electron chi connectivity index (χ3n) is 2.35. The quantitative estimate of drug-likeness (QED) is 0.789. The second-order valence-corrected chi connectivity index (χ2v) is 6.37. The van der Waals surface area contributed by atoms with E-state index in [4.69, 9.17) is 4.74 Å². The maximum Gasteiger partial charge on any atom is 0.418 e. The third kappa shape index (κ3) is 6.37. The van der Waals surface area contributed by atoms with E-state index >= 15 is 0 Å². The number of anilines is 1. The summed E-state index contributed by atoms with van der Waals surface area (Å²) in [7, 11) is 0. The van der Waals surface area contributed by atoms with Crippen molar-refractivity contribution < 1.29 is 22.7 Å². The number of esters is 1. The average Bonchev–Trinajstić information content (AvgIpc) is 2.27. The van der Waals surface area contributed by atoms with Crippen molar-refractivity contribution in [3.8, 4) is 0 Å². The first-order chi connectivity index (χ1) is 9.49. The molecule has 1 aromatic rings. The van der Waals surface area contributed by atoms with E-state index in [-0.39, 0.29) is 18.7 Å². The van der Waals surface area contributed by atoms with Crippen LogP contribution in [0.25, 0.3) is 0 Å². The predicted molar refractivity (Wildman–Crippen MR) is 78.1 cm³/mol. The lowest BCUT2D eigenvalue weighted by Crippen LogP contribution is -2.25. The van der Waals surface area contributed by atoms with Gasteiger partial charge in [-0.3, -0.25) is 4.79 Å². The number of ether oxygens (including phenoxy) is 1. The van der Waals surface area contributed by atoms with Crippen molar-refractivity contribution in [2.45, 2.75) is 39.0 Å². The molecule has 0 aromatic heterocycles. The molecule has 0 heterocycles. The highest BCUT2D eigenvalue weighted by atomic mass is 79.9. The molecular formula is C14H17BrF3NO2. The fraction of sp³-hybridized carbons (Fsp3) is 0.500. The highest BCUT2D eigenvalue weighted by Gasteiger charge is 2.33. The fourth-order valence-corrected chi connectivity index (χ4v) is 1.96. The average molecular weight is 368 g/mol. The molecule has 0 atom stereocenters. The van der Waals surface area contributed by atoms with Crippen molar-refractivity contribution in [3.63, 3.8) is 0 Å². The minimum Gasteiger partial charge on any atom is -0.460 e. The second-order valence-electron chi connectivity index (χ2n) is 5.45. The number of hydrogen-bond acceptors (Lipinski definition) is 3. The van der Waals surface area contributed by atoms with E-state index in [1.165, 1.54) is 12.1 Å². The maximum atomic E-state index is 12.9. The molecule has 0 unspecified atom stereocenters. The predicted octanol–water partition coefficient (Wildman–Crippen LogP) is 4.61. The van der Waals surface area contributed by atoms with Crippen LogP contribution in [0.15, 0.2) is 22.7 Å². The molecule has 0 aliphatic heterocycles. The van der Waals surface area contributed by atoms with Crippen LogP contribution in [0.5, 0.6) is 0 Å². The number of alkyl halides is 3. The molecule has 0 radical (unpaired) electrons. The van der Waals surface area contributed by atoms with Gasteiger partial charge in [-0.25, -0.2) is 0 Å². The summed E-state index contributed by atoms with van der Waals surface area (Å²) in [6.45, 7) is 5.26. The van der Waals surface area contributed by atoms with Gasteiger partial charge in [0, 0.05) is 16.7 Å². The Morgan fingerprint density at radius 3 is 2.43 bits per heavy atom. The van der Waals surface area contributed by atoms with Gasteiger partial charge in [0.2, 0.25) is 0 Å². The molecule has 7 heteroatoms. The van der Waals surface area contributed by atoms with E-state index in [1.54, 1.807) is 20.8 Å². The molecule has 3 nitrogen and oxygen atoms in total. The minimum atomic E-state index is -4.46. The van der Waals surface area contributed by atoms with Gasteiger partial charge < -0.3 is 10.1 Å². The summed E-state index contributed by atoms with van der Waals surface area (Å²) in [5.74, 6) is -0.458. The van der Waals surface area contributed by atoms with E-state index in [1.807, 2.05) is 0 Å². The normalized spacial score (nSPS) is 12.1. The molecular weight excluding hydrogens is 351 g/mol. The van der Waals surface area contributed by atoms with Crippen LogP contribution in [0.3, 0.4) is 0 Å². The SMILES string of the molecule is CC(C)(C)OC(=O)CCNc1ccc(Br)cc1C(F)(F)F. The lowest BCUT2D eigenvalue weighted by molar-refractivity contribution is -0.154. The highest BCUT2D eigenvalue weighted by Crippen LogP contribution is 2.36. The summed E-state index contributed by atoms with van der Waals surface area (Å²) in [5.41, 5.74) is -1.44. The van der Waals surface area contributed by atoms with Crippen molar-refractivity contribution in [2.24, 2.45) is 0 Å². The molecule has 0 bridgehead atoms. The fourth-order valence-electron chi connectivity index (χ4n) is 1.60. The van der Waals surface area contributed by atoms with Crippen LogP contribution in [0, 0.1) is 0 Å². The Labute approximate surface area is 130 Å². The highest BCUT2D eigenvalue weighted by molar-refractivity contribution is 9.10. The van der Waals surface area contributed by atoms with Gasteiger partial charge in [0.15, 0.2) is 0 Å². The van der Waals surface area contributed by atoms with Gasteiger partial charge in [-0.05, 0) is 39.0 Å². The summed E-state index contributed by atoms with van der Waals surface area (Å²) < 4.78 is 44.1. The Kier molecular flexibility index (Phi) is 5.67. The number of carbonyl (C=O) groups is 1. The molecule has 0 aliphatic rings. The van der Waals surface area contributed by atoms with E-state index in [9.17, 15) is 18.0 Å². The van der Waals surface area contributed by atoms with E-state index < -0.39 is 23.3 Å². The van der Waals surface area contributed by atoms with E-state index in [0.717, 1.165) is 6.07 Å². The van der Waals surface area contributed by atoms with Crippen molar-refractivity contribution in [2.75, 3.05) is 11.9 Å². The molecule has 0 saturated carbocycles. The van der Waals surface area contributed by atoms with Crippen LogP contribution in [0.4, 0.5) is 18.9 Å². The van der Waals surface area contributed by atoms with Crippen molar-refractivity contribution >= 4 is 27.6 Å². The molecule has 0 amide bonds. The molecule has 1 aromatic carbocycles. The molecule has 0 spiro atoms. The zero-order chi connectivity index (χ0) is 16.3. The Balaban J connectivity index is 2.66. The third-order valence-corrected chi connectivity index (χ3v) is 2.84. The molecule has 118 valence electrons. The van der Waals surface area contributed by atoms with Crippen LogP contribution < -0.4 is 5.32 Å². The van der Waals surface area contributed by atoms with Gasteiger partial charge in [-0.1, -0.05) is 15.9 Å². The number of carbonyl (C=O) groups excluding carboxylic acids is 1. The zero-order valence-electron chi connectivity index (χ0n) is 12.0.